The predicted octanol–water partition coefficient (Wildman–Crippen LogP) is 4.55. The second kappa shape index (κ2) is 7.82. The molecule has 1 saturated carbocycles. The number of nitrogens with one attached hydrogen (secondary N) is 1. The third-order valence-electron chi connectivity index (χ3n) is 5.77. The molecular weight excluding hydrogens is 376 g/mol. The average molecular weight is 400 g/mol. The quantitative estimate of drug-likeness (QED) is 0.684. The lowest BCUT2D eigenvalue weighted by Crippen LogP contribution is -2.36. The van der Waals surface area contributed by atoms with Crippen molar-refractivity contribution in [1.82, 2.24) is 0 Å². The summed E-state index contributed by atoms with van der Waals surface area (Å²) in [6.45, 7) is 0.685. The van der Waals surface area contributed by atoms with Crippen molar-refractivity contribution >= 4 is 34.0 Å². The van der Waals surface area contributed by atoms with Crippen molar-refractivity contribution in [2.45, 2.75) is 25.7 Å². The Kier molecular flexibility index (Phi) is 4.87. The summed E-state index contributed by atoms with van der Waals surface area (Å²) in [5.74, 6) is 0.845. The Morgan fingerprint density at radius 3 is 2.67 bits per heavy atom. The summed E-state index contributed by atoms with van der Waals surface area (Å²) < 4.78 is 5.68. The number of rotatable bonds is 5. The van der Waals surface area contributed by atoms with E-state index in [1.54, 1.807) is 0 Å². The standard InChI is InChI=1S/C25H24N2O3/c28-24(16-30-22-12-10-17-4-1-2-5-20(17)14-22)26-21-11-9-18-6-3-13-27(23(18)15-21)25(29)19-7-8-19/h1-2,4-5,9-12,14-15,19H,3,6-8,13,16H2,(H,26,28). The molecule has 1 N–H and O–H groups in total. The lowest BCUT2D eigenvalue weighted by Gasteiger charge is -2.30. The number of ether oxygens (including phenoxy) is 1. The van der Waals surface area contributed by atoms with Crippen molar-refractivity contribution in [3.8, 4) is 5.75 Å². The van der Waals surface area contributed by atoms with Gasteiger partial charge in [0.15, 0.2) is 6.61 Å². The Balaban J connectivity index is 1.25. The fourth-order valence-electron chi connectivity index (χ4n) is 4.04. The van der Waals surface area contributed by atoms with Crippen LogP contribution in [0.5, 0.6) is 5.75 Å². The van der Waals surface area contributed by atoms with Crippen LogP contribution in [-0.4, -0.2) is 25.0 Å². The van der Waals surface area contributed by atoms with E-state index in [1.807, 2.05) is 65.6 Å². The topological polar surface area (TPSA) is 58.6 Å². The van der Waals surface area contributed by atoms with E-state index in [0.717, 1.165) is 48.7 Å². The van der Waals surface area contributed by atoms with Gasteiger partial charge in [0.1, 0.15) is 5.75 Å². The zero-order chi connectivity index (χ0) is 20.5. The number of fused-ring (bicyclic) bond motifs is 2. The molecule has 0 bridgehead atoms. The van der Waals surface area contributed by atoms with Gasteiger partial charge in [0.25, 0.3) is 5.91 Å². The number of anilines is 2. The first-order valence-corrected chi connectivity index (χ1v) is 10.5. The highest BCUT2D eigenvalue weighted by Gasteiger charge is 2.35. The fraction of sp³-hybridized carbons (Fsp3) is 0.280. The Hall–Kier alpha value is -3.34. The molecular formula is C25H24N2O3. The molecule has 1 heterocycles. The van der Waals surface area contributed by atoms with Crippen molar-refractivity contribution in [3.63, 3.8) is 0 Å². The summed E-state index contributed by atoms with van der Waals surface area (Å²) in [5, 5.41) is 5.11. The van der Waals surface area contributed by atoms with Crippen molar-refractivity contribution < 1.29 is 14.3 Å². The highest BCUT2D eigenvalue weighted by Crippen LogP contribution is 2.36. The minimum Gasteiger partial charge on any atom is -0.484 e. The van der Waals surface area contributed by atoms with Crippen LogP contribution in [0.1, 0.15) is 24.8 Å². The van der Waals surface area contributed by atoms with Crippen molar-refractivity contribution in [1.29, 1.82) is 0 Å². The number of aryl methyl sites for hydroxylation is 1. The molecule has 5 nitrogen and oxygen atoms in total. The van der Waals surface area contributed by atoms with E-state index in [9.17, 15) is 9.59 Å². The van der Waals surface area contributed by atoms with E-state index in [-0.39, 0.29) is 24.3 Å². The summed E-state index contributed by atoms with van der Waals surface area (Å²) >= 11 is 0. The van der Waals surface area contributed by atoms with Gasteiger partial charge >= 0.3 is 0 Å². The maximum Gasteiger partial charge on any atom is 0.262 e. The molecule has 3 aromatic rings. The lowest BCUT2D eigenvalue weighted by atomic mass is 10.0. The maximum atomic E-state index is 12.6. The zero-order valence-electron chi connectivity index (χ0n) is 16.8. The molecule has 0 saturated heterocycles. The molecule has 0 atom stereocenters. The van der Waals surface area contributed by atoms with Crippen LogP contribution in [0.4, 0.5) is 11.4 Å². The molecule has 30 heavy (non-hydrogen) atoms. The number of hydrogen-bond donors (Lipinski definition) is 1. The number of amides is 2. The second-order valence-corrected chi connectivity index (χ2v) is 8.06. The summed E-state index contributed by atoms with van der Waals surface area (Å²) in [7, 11) is 0. The normalized spacial score (nSPS) is 15.5. The van der Waals surface area contributed by atoms with Crippen LogP contribution in [0.2, 0.25) is 0 Å². The smallest absolute Gasteiger partial charge is 0.262 e. The largest absolute Gasteiger partial charge is 0.484 e. The molecule has 152 valence electrons. The van der Waals surface area contributed by atoms with Gasteiger partial charge in [-0.15, -0.1) is 0 Å². The van der Waals surface area contributed by atoms with E-state index < -0.39 is 0 Å². The van der Waals surface area contributed by atoms with Crippen LogP contribution >= 0.6 is 0 Å². The first-order chi connectivity index (χ1) is 14.7. The molecule has 2 aliphatic rings. The lowest BCUT2D eigenvalue weighted by molar-refractivity contribution is -0.120. The number of carbonyl (C=O) groups excluding carboxylic acids is 2. The van der Waals surface area contributed by atoms with E-state index in [2.05, 4.69) is 5.32 Å². The SMILES string of the molecule is O=C(COc1ccc2ccccc2c1)Nc1ccc2c(c1)N(C(=O)C1CC1)CCC2. The molecule has 5 heteroatoms. The molecule has 0 radical (unpaired) electrons. The van der Waals surface area contributed by atoms with E-state index in [4.69, 9.17) is 4.74 Å². The highest BCUT2D eigenvalue weighted by molar-refractivity contribution is 5.99. The second-order valence-electron chi connectivity index (χ2n) is 8.06. The predicted molar refractivity (Wildman–Crippen MR) is 118 cm³/mol. The van der Waals surface area contributed by atoms with E-state index in [1.165, 1.54) is 5.56 Å². The minimum atomic E-state index is -0.223. The number of nitrogens with zero attached hydrogens (tertiary/aromatic N) is 1. The molecule has 0 unspecified atom stereocenters. The summed E-state index contributed by atoms with van der Waals surface area (Å²) in [6, 6.07) is 19.7. The monoisotopic (exact) mass is 400 g/mol. The number of benzene rings is 3. The van der Waals surface area contributed by atoms with Gasteiger partial charge in [-0.1, -0.05) is 36.4 Å². The Labute approximate surface area is 175 Å². The Morgan fingerprint density at radius 1 is 1.00 bits per heavy atom. The summed E-state index contributed by atoms with van der Waals surface area (Å²) in [5.41, 5.74) is 2.79. The van der Waals surface area contributed by atoms with Crippen LogP contribution in [0.3, 0.4) is 0 Å². The van der Waals surface area contributed by atoms with E-state index in [0.29, 0.717) is 11.4 Å². The molecule has 5 rings (SSSR count). The molecule has 0 spiro atoms. The van der Waals surface area contributed by atoms with Crippen LogP contribution in [0.25, 0.3) is 10.8 Å². The average Bonchev–Trinajstić information content (AvgIpc) is 3.62. The molecule has 1 aliphatic carbocycles. The van der Waals surface area contributed by atoms with Crippen molar-refractivity contribution in [2.75, 3.05) is 23.4 Å². The molecule has 2 amide bonds. The van der Waals surface area contributed by atoms with Crippen LogP contribution < -0.4 is 15.0 Å². The van der Waals surface area contributed by atoms with E-state index >= 15 is 0 Å². The molecule has 0 aromatic heterocycles. The van der Waals surface area contributed by atoms with Gasteiger partial charge in [-0.05, 0) is 66.3 Å². The number of hydrogen-bond acceptors (Lipinski definition) is 3. The van der Waals surface area contributed by atoms with Crippen LogP contribution in [0.15, 0.2) is 60.7 Å². The zero-order valence-corrected chi connectivity index (χ0v) is 16.8. The Bertz CT molecular complexity index is 1120. The van der Waals surface area contributed by atoms with Crippen molar-refractivity contribution in [2.24, 2.45) is 5.92 Å². The van der Waals surface area contributed by atoms with Gasteiger partial charge in [0.05, 0.1) is 0 Å². The minimum absolute atomic E-state index is 0.0693. The third-order valence-corrected chi connectivity index (χ3v) is 5.77. The first-order valence-electron chi connectivity index (χ1n) is 10.5. The highest BCUT2D eigenvalue weighted by atomic mass is 16.5. The van der Waals surface area contributed by atoms with Gasteiger partial charge in [-0.25, -0.2) is 0 Å². The van der Waals surface area contributed by atoms with Crippen molar-refractivity contribution in [3.05, 3.63) is 66.2 Å². The molecule has 1 aliphatic heterocycles. The van der Waals surface area contributed by atoms with Crippen LogP contribution in [-0.2, 0) is 16.0 Å². The van der Waals surface area contributed by atoms with Crippen LogP contribution in [0, 0.1) is 5.92 Å². The number of carbonyl (C=O) groups is 2. The maximum absolute atomic E-state index is 12.6. The molecule has 3 aromatic carbocycles. The van der Waals surface area contributed by atoms with Gasteiger partial charge < -0.3 is 15.0 Å². The van der Waals surface area contributed by atoms with Gasteiger partial charge in [-0.2, -0.15) is 0 Å². The van der Waals surface area contributed by atoms with Gasteiger partial charge in [0, 0.05) is 23.8 Å². The summed E-state index contributed by atoms with van der Waals surface area (Å²) in [4.78, 5) is 27.0. The third kappa shape index (κ3) is 3.88. The first kappa shape index (κ1) is 18.7. The van der Waals surface area contributed by atoms with Gasteiger partial charge in [0.2, 0.25) is 5.91 Å². The molecule has 1 fully saturated rings. The fourth-order valence-corrected chi connectivity index (χ4v) is 4.04. The Morgan fingerprint density at radius 2 is 1.83 bits per heavy atom. The summed E-state index contributed by atoms with van der Waals surface area (Å²) in [6.07, 6.45) is 3.93. The van der Waals surface area contributed by atoms with Gasteiger partial charge in [-0.3, -0.25) is 9.59 Å².